The molecule has 2 N–H and O–H groups in total. The summed E-state index contributed by atoms with van der Waals surface area (Å²) < 4.78 is 53.3. The number of halogens is 4. The van der Waals surface area contributed by atoms with Crippen molar-refractivity contribution in [1.29, 1.82) is 0 Å². The van der Waals surface area contributed by atoms with Crippen molar-refractivity contribution >= 4 is 16.6 Å². The number of H-pyrrole nitrogens is 1. The van der Waals surface area contributed by atoms with Gasteiger partial charge in [0.25, 0.3) is 0 Å². The first-order valence-corrected chi connectivity index (χ1v) is 6.20. The first kappa shape index (κ1) is 13.5. The molecule has 0 atom stereocenters. The third kappa shape index (κ3) is 2.33. The Kier molecular flexibility index (Phi) is 3.29. The topological polar surface area (TPSA) is 27.8 Å². The second kappa shape index (κ2) is 5.12. The molecule has 0 saturated carbocycles. The van der Waals surface area contributed by atoms with E-state index in [1.54, 1.807) is 6.20 Å². The van der Waals surface area contributed by atoms with E-state index in [0.717, 1.165) is 16.5 Å². The van der Waals surface area contributed by atoms with Gasteiger partial charge in [-0.15, -0.1) is 0 Å². The molecule has 0 aliphatic rings. The average Bonchev–Trinajstić information content (AvgIpc) is 2.89. The minimum Gasteiger partial charge on any atom is -0.376 e. The Bertz CT molecular complexity index is 785. The van der Waals surface area contributed by atoms with Gasteiger partial charge in [-0.25, -0.2) is 17.6 Å². The molecule has 0 radical (unpaired) electrons. The summed E-state index contributed by atoms with van der Waals surface area (Å²) in [6.07, 6.45) is 1.67. The lowest BCUT2D eigenvalue weighted by Crippen LogP contribution is -2.07. The van der Waals surface area contributed by atoms with Crippen LogP contribution in [-0.2, 0) is 6.54 Å². The summed E-state index contributed by atoms with van der Waals surface area (Å²) >= 11 is 0. The monoisotopic (exact) mass is 294 g/mol. The highest BCUT2D eigenvalue weighted by molar-refractivity contribution is 5.83. The lowest BCUT2D eigenvalue weighted by molar-refractivity contribution is 0.458. The molecule has 108 valence electrons. The van der Waals surface area contributed by atoms with Crippen LogP contribution < -0.4 is 5.32 Å². The lowest BCUT2D eigenvalue weighted by atomic mass is 10.1. The number of hydrogen-bond acceptors (Lipinski definition) is 1. The van der Waals surface area contributed by atoms with Crippen molar-refractivity contribution in [3.63, 3.8) is 0 Å². The van der Waals surface area contributed by atoms with E-state index in [4.69, 9.17) is 0 Å². The van der Waals surface area contributed by atoms with Gasteiger partial charge in [0.05, 0.1) is 0 Å². The van der Waals surface area contributed by atoms with Crippen molar-refractivity contribution in [2.75, 3.05) is 5.32 Å². The Morgan fingerprint density at radius 2 is 1.62 bits per heavy atom. The van der Waals surface area contributed by atoms with Gasteiger partial charge < -0.3 is 10.3 Å². The Hall–Kier alpha value is -2.50. The fraction of sp³-hybridized carbons (Fsp3) is 0.0667. The highest BCUT2D eigenvalue weighted by Gasteiger charge is 2.19. The van der Waals surface area contributed by atoms with E-state index in [-0.39, 0.29) is 12.6 Å². The molecule has 0 amide bonds. The summed E-state index contributed by atoms with van der Waals surface area (Å²) in [6, 6.07) is 7.53. The fourth-order valence-corrected chi connectivity index (χ4v) is 2.19. The van der Waals surface area contributed by atoms with E-state index in [1.165, 1.54) is 0 Å². The van der Waals surface area contributed by atoms with Crippen LogP contribution in [0.15, 0.2) is 36.5 Å². The third-order valence-corrected chi connectivity index (χ3v) is 3.24. The zero-order valence-electron chi connectivity index (χ0n) is 10.7. The standard InChI is InChI=1S/C15H10F4N2/c16-10-5-11(17)14(19)15(13(10)18)21-7-8-6-20-12-4-2-1-3-9(8)12/h1-6,20-21H,7H2. The smallest absolute Gasteiger partial charge is 0.185 e. The maximum absolute atomic E-state index is 13.5. The van der Waals surface area contributed by atoms with Gasteiger partial charge in [0, 0.05) is 29.7 Å². The van der Waals surface area contributed by atoms with Crippen LogP contribution in [-0.4, -0.2) is 4.98 Å². The molecule has 0 aliphatic carbocycles. The van der Waals surface area contributed by atoms with Gasteiger partial charge in [-0.2, -0.15) is 0 Å². The zero-order chi connectivity index (χ0) is 15.0. The van der Waals surface area contributed by atoms with Crippen LogP contribution in [0.5, 0.6) is 0 Å². The van der Waals surface area contributed by atoms with E-state index in [0.29, 0.717) is 0 Å². The molecule has 0 saturated heterocycles. The Morgan fingerprint density at radius 1 is 0.952 bits per heavy atom. The second-order valence-electron chi connectivity index (χ2n) is 4.56. The summed E-state index contributed by atoms with van der Waals surface area (Å²) in [4.78, 5) is 3.00. The maximum atomic E-state index is 13.5. The molecule has 0 aliphatic heterocycles. The van der Waals surface area contributed by atoms with Gasteiger partial charge in [-0.3, -0.25) is 0 Å². The number of nitrogens with one attached hydrogen (secondary N) is 2. The lowest BCUT2D eigenvalue weighted by Gasteiger charge is -2.09. The molecule has 1 heterocycles. The molecule has 1 aromatic heterocycles. The zero-order valence-corrected chi connectivity index (χ0v) is 10.7. The molecule has 6 heteroatoms. The summed E-state index contributed by atoms with van der Waals surface area (Å²) in [7, 11) is 0. The SMILES string of the molecule is Fc1cc(F)c(F)c(NCc2c[nH]c3ccccc23)c1F. The third-order valence-electron chi connectivity index (χ3n) is 3.24. The summed E-state index contributed by atoms with van der Waals surface area (Å²) in [5, 5.41) is 3.27. The van der Waals surface area contributed by atoms with E-state index in [1.807, 2.05) is 24.3 Å². The van der Waals surface area contributed by atoms with Crippen LogP contribution in [0.2, 0.25) is 0 Å². The van der Waals surface area contributed by atoms with E-state index < -0.39 is 29.0 Å². The first-order chi connectivity index (χ1) is 10.1. The van der Waals surface area contributed by atoms with E-state index >= 15 is 0 Å². The van der Waals surface area contributed by atoms with Crippen molar-refractivity contribution in [3.8, 4) is 0 Å². The molecule has 0 spiro atoms. The molecule has 0 unspecified atom stereocenters. The van der Waals surface area contributed by atoms with Crippen molar-refractivity contribution in [2.45, 2.75) is 6.54 Å². The Labute approximate surface area is 117 Å². The number of para-hydroxylation sites is 1. The van der Waals surface area contributed by atoms with Crippen LogP contribution in [0.3, 0.4) is 0 Å². The minimum absolute atomic E-state index is 0.0285. The van der Waals surface area contributed by atoms with Crippen LogP contribution in [0.4, 0.5) is 23.2 Å². The Morgan fingerprint density at radius 3 is 2.33 bits per heavy atom. The normalized spacial score (nSPS) is 11.0. The van der Waals surface area contributed by atoms with Gasteiger partial charge in [0.15, 0.2) is 23.3 Å². The number of benzene rings is 2. The van der Waals surface area contributed by atoms with Gasteiger partial charge in [0.1, 0.15) is 5.69 Å². The molecular formula is C15H10F4N2. The number of aromatic nitrogens is 1. The molecule has 2 nitrogen and oxygen atoms in total. The van der Waals surface area contributed by atoms with Crippen LogP contribution >= 0.6 is 0 Å². The van der Waals surface area contributed by atoms with Crippen molar-refractivity contribution in [3.05, 3.63) is 65.4 Å². The minimum atomic E-state index is -1.44. The van der Waals surface area contributed by atoms with Gasteiger partial charge in [-0.1, -0.05) is 18.2 Å². The fourth-order valence-electron chi connectivity index (χ4n) is 2.19. The van der Waals surface area contributed by atoms with Crippen LogP contribution in [0.1, 0.15) is 5.56 Å². The van der Waals surface area contributed by atoms with Crippen molar-refractivity contribution in [2.24, 2.45) is 0 Å². The van der Waals surface area contributed by atoms with E-state index in [9.17, 15) is 17.6 Å². The quantitative estimate of drug-likeness (QED) is 0.546. The maximum Gasteiger partial charge on any atom is 0.185 e. The van der Waals surface area contributed by atoms with Gasteiger partial charge in [0.2, 0.25) is 0 Å². The number of fused-ring (bicyclic) bond motifs is 1. The van der Waals surface area contributed by atoms with Gasteiger partial charge in [-0.05, 0) is 11.6 Å². The molecule has 3 aromatic rings. The van der Waals surface area contributed by atoms with Gasteiger partial charge >= 0.3 is 0 Å². The predicted molar refractivity (Wildman–Crippen MR) is 71.9 cm³/mol. The molecule has 0 bridgehead atoms. The second-order valence-corrected chi connectivity index (χ2v) is 4.56. The molecular weight excluding hydrogens is 284 g/mol. The largest absolute Gasteiger partial charge is 0.376 e. The predicted octanol–water partition coefficient (Wildman–Crippen LogP) is 4.34. The Balaban J connectivity index is 1.92. The number of rotatable bonds is 3. The first-order valence-electron chi connectivity index (χ1n) is 6.20. The molecule has 2 aromatic carbocycles. The van der Waals surface area contributed by atoms with Crippen LogP contribution in [0, 0.1) is 23.3 Å². The van der Waals surface area contributed by atoms with E-state index in [2.05, 4.69) is 10.3 Å². The highest BCUT2D eigenvalue weighted by Crippen LogP contribution is 2.26. The summed E-state index contributed by atoms with van der Waals surface area (Å²) in [5.74, 6) is -5.74. The molecule has 0 fully saturated rings. The van der Waals surface area contributed by atoms with Crippen molar-refractivity contribution < 1.29 is 17.6 Å². The highest BCUT2D eigenvalue weighted by atomic mass is 19.2. The summed E-state index contributed by atoms with van der Waals surface area (Å²) in [5.41, 5.74) is 0.785. The summed E-state index contributed by atoms with van der Waals surface area (Å²) in [6.45, 7) is 0.0285. The average molecular weight is 294 g/mol. The van der Waals surface area contributed by atoms with Crippen molar-refractivity contribution in [1.82, 2.24) is 4.98 Å². The molecule has 3 rings (SSSR count). The number of aromatic amines is 1. The molecule has 21 heavy (non-hydrogen) atoms. The van der Waals surface area contributed by atoms with Crippen LogP contribution in [0.25, 0.3) is 10.9 Å². The number of hydrogen-bond donors (Lipinski definition) is 2. The number of anilines is 1.